The van der Waals surface area contributed by atoms with Gasteiger partial charge in [0.25, 0.3) is 0 Å². The van der Waals surface area contributed by atoms with E-state index >= 15 is 0 Å². The van der Waals surface area contributed by atoms with Crippen LogP contribution >= 0.6 is 0 Å². The summed E-state index contributed by atoms with van der Waals surface area (Å²) in [6.07, 6.45) is 2.62. The Morgan fingerprint density at radius 3 is 2.39 bits per heavy atom. The molecular formula is C16H25NO. The number of rotatable bonds is 4. The predicted octanol–water partition coefficient (Wildman–Crippen LogP) is 3.62. The molecule has 100 valence electrons. The van der Waals surface area contributed by atoms with E-state index in [0.29, 0.717) is 17.9 Å². The van der Waals surface area contributed by atoms with Crippen LogP contribution in [0.3, 0.4) is 0 Å². The molecule has 1 aliphatic rings. The first-order valence-corrected chi connectivity index (χ1v) is 7.08. The number of hydrogen-bond donors (Lipinski definition) is 1. The molecule has 0 amide bonds. The molecule has 0 aromatic heterocycles. The largest absolute Gasteiger partial charge is 0.378 e. The lowest BCUT2D eigenvalue weighted by Crippen LogP contribution is -2.21. The Kier molecular flexibility index (Phi) is 4.41. The third-order valence-corrected chi connectivity index (χ3v) is 4.24. The SMILES string of the molecule is CCC(C)c1ccc(C(N)C2COC(C)C2)cc1. The minimum atomic E-state index is 0.112. The molecule has 1 aromatic carbocycles. The molecule has 0 radical (unpaired) electrons. The van der Waals surface area contributed by atoms with Crippen LogP contribution in [-0.4, -0.2) is 12.7 Å². The maximum absolute atomic E-state index is 6.34. The lowest BCUT2D eigenvalue weighted by Gasteiger charge is -2.19. The fourth-order valence-electron chi connectivity index (χ4n) is 2.66. The van der Waals surface area contributed by atoms with E-state index in [1.54, 1.807) is 0 Å². The molecule has 4 unspecified atom stereocenters. The molecule has 2 N–H and O–H groups in total. The standard InChI is InChI=1S/C16H25NO/c1-4-11(2)13-5-7-14(8-6-13)16(17)15-9-12(3)18-10-15/h5-8,11-12,15-16H,4,9-10,17H2,1-3H3. The second-order valence-electron chi connectivity index (χ2n) is 5.64. The van der Waals surface area contributed by atoms with E-state index in [0.717, 1.165) is 13.0 Å². The lowest BCUT2D eigenvalue weighted by atomic mass is 9.90. The summed E-state index contributed by atoms with van der Waals surface area (Å²) in [6, 6.07) is 8.94. The third-order valence-electron chi connectivity index (χ3n) is 4.24. The van der Waals surface area contributed by atoms with E-state index < -0.39 is 0 Å². The summed E-state index contributed by atoms with van der Waals surface area (Å²) in [5.74, 6) is 1.10. The van der Waals surface area contributed by atoms with Crippen LogP contribution in [0.4, 0.5) is 0 Å². The zero-order valence-corrected chi connectivity index (χ0v) is 11.7. The Balaban J connectivity index is 2.05. The number of nitrogens with two attached hydrogens (primary N) is 1. The van der Waals surface area contributed by atoms with Gasteiger partial charge in [-0.05, 0) is 36.8 Å². The van der Waals surface area contributed by atoms with E-state index in [9.17, 15) is 0 Å². The van der Waals surface area contributed by atoms with Gasteiger partial charge >= 0.3 is 0 Å². The normalized spacial score (nSPS) is 27.1. The average Bonchev–Trinajstić information content (AvgIpc) is 2.84. The number of hydrogen-bond acceptors (Lipinski definition) is 2. The van der Waals surface area contributed by atoms with E-state index in [1.165, 1.54) is 17.5 Å². The van der Waals surface area contributed by atoms with Crippen LogP contribution in [0, 0.1) is 5.92 Å². The summed E-state index contributed by atoms with van der Waals surface area (Å²) in [6.45, 7) is 7.41. The van der Waals surface area contributed by atoms with Crippen molar-refractivity contribution >= 4 is 0 Å². The van der Waals surface area contributed by atoms with E-state index in [-0.39, 0.29) is 6.04 Å². The molecule has 1 aromatic rings. The van der Waals surface area contributed by atoms with Gasteiger partial charge in [0.15, 0.2) is 0 Å². The topological polar surface area (TPSA) is 35.2 Å². The third kappa shape index (κ3) is 2.93. The summed E-state index contributed by atoms with van der Waals surface area (Å²) >= 11 is 0. The van der Waals surface area contributed by atoms with Gasteiger partial charge in [-0.2, -0.15) is 0 Å². The molecule has 1 aliphatic heterocycles. The summed E-state index contributed by atoms with van der Waals surface area (Å²) in [5.41, 5.74) is 8.99. The summed E-state index contributed by atoms with van der Waals surface area (Å²) < 4.78 is 5.61. The van der Waals surface area contributed by atoms with Gasteiger partial charge < -0.3 is 10.5 Å². The quantitative estimate of drug-likeness (QED) is 0.882. The molecule has 18 heavy (non-hydrogen) atoms. The minimum absolute atomic E-state index is 0.112. The Labute approximate surface area is 111 Å². The highest BCUT2D eigenvalue weighted by molar-refractivity contribution is 5.27. The van der Waals surface area contributed by atoms with Crippen molar-refractivity contribution in [2.75, 3.05) is 6.61 Å². The minimum Gasteiger partial charge on any atom is -0.378 e. The smallest absolute Gasteiger partial charge is 0.0551 e. The molecule has 1 heterocycles. The maximum atomic E-state index is 6.34. The maximum Gasteiger partial charge on any atom is 0.0551 e. The Bertz CT molecular complexity index is 373. The highest BCUT2D eigenvalue weighted by Gasteiger charge is 2.28. The van der Waals surface area contributed by atoms with Gasteiger partial charge in [-0.1, -0.05) is 38.1 Å². The van der Waals surface area contributed by atoms with Crippen molar-refractivity contribution in [3.8, 4) is 0 Å². The first-order valence-electron chi connectivity index (χ1n) is 7.08. The van der Waals surface area contributed by atoms with Gasteiger partial charge in [0, 0.05) is 12.0 Å². The van der Waals surface area contributed by atoms with Crippen LogP contribution in [0.15, 0.2) is 24.3 Å². The highest BCUT2D eigenvalue weighted by Crippen LogP contribution is 2.30. The van der Waals surface area contributed by atoms with Crippen LogP contribution in [0.25, 0.3) is 0 Å². The Hall–Kier alpha value is -0.860. The highest BCUT2D eigenvalue weighted by atomic mass is 16.5. The second kappa shape index (κ2) is 5.85. The van der Waals surface area contributed by atoms with Crippen molar-refractivity contribution in [3.63, 3.8) is 0 Å². The van der Waals surface area contributed by atoms with Crippen LogP contribution in [0.1, 0.15) is 56.7 Å². The molecule has 1 fully saturated rings. The van der Waals surface area contributed by atoms with Crippen LogP contribution < -0.4 is 5.73 Å². The fourth-order valence-corrected chi connectivity index (χ4v) is 2.66. The van der Waals surface area contributed by atoms with Crippen molar-refractivity contribution in [1.82, 2.24) is 0 Å². The van der Waals surface area contributed by atoms with Crippen molar-refractivity contribution in [2.24, 2.45) is 11.7 Å². The Morgan fingerprint density at radius 1 is 1.28 bits per heavy atom. The molecule has 2 nitrogen and oxygen atoms in total. The van der Waals surface area contributed by atoms with Gasteiger partial charge in [0.2, 0.25) is 0 Å². The molecule has 0 aliphatic carbocycles. The van der Waals surface area contributed by atoms with Crippen molar-refractivity contribution in [3.05, 3.63) is 35.4 Å². The first kappa shape index (κ1) is 13.6. The summed E-state index contributed by atoms with van der Waals surface area (Å²) in [4.78, 5) is 0. The molecule has 0 bridgehead atoms. The van der Waals surface area contributed by atoms with E-state index in [2.05, 4.69) is 45.0 Å². The van der Waals surface area contributed by atoms with Crippen molar-refractivity contribution in [2.45, 2.75) is 51.7 Å². The molecule has 2 heteroatoms. The zero-order chi connectivity index (χ0) is 13.1. The monoisotopic (exact) mass is 247 g/mol. The predicted molar refractivity (Wildman–Crippen MR) is 75.6 cm³/mol. The lowest BCUT2D eigenvalue weighted by molar-refractivity contribution is 0.118. The number of ether oxygens (including phenoxy) is 1. The first-order chi connectivity index (χ1) is 8.61. The molecule has 1 saturated heterocycles. The van der Waals surface area contributed by atoms with Gasteiger partial charge in [-0.25, -0.2) is 0 Å². The summed E-state index contributed by atoms with van der Waals surface area (Å²) in [5, 5.41) is 0. The number of benzene rings is 1. The molecule has 0 saturated carbocycles. The fraction of sp³-hybridized carbons (Fsp3) is 0.625. The van der Waals surface area contributed by atoms with E-state index in [4.69, 9.17) is 10.5 Å². The van der Waals surface area contributed by atoms with Crippen LogP contribution in [-0.2, 0) is 4.74 Å². The summed E-state index contributed by atoms with van der Waals surface area (Å²) in [7, 11) is 0. The van der Waals surface area contributed by atoms with Crippen molar-refractivity contribution in [1.29, 1.82) is 0 Å². The molecule has 0 spiro atoms. The average molecular weight is 247 g/mol. The molecular weight excluding hydrogens is 222 g/mol. The molecule has 4 atom stereocenters. The van der Waals surface area contributed by atoms with E-state index in [1.807, 2.05) is 0 Å². The van der Waals surface area contributed by atoms with Crippen LogP contribution in [0.5, 0.6) is 0 Å². The van der Waals surface area contributed by atoms with Gasteiger partial charge in [0.05, 0.1) is 12.7 Å². The zero-order valence-electron chi connectivity index (χ0n) is 11.7. The Morgan fingerprint density at radius 2 is 1.89 bits per heavy atom. The van der Waals surface area contributed by atoms with Gasteiger partial charge in [0.1, 0.15) is 0 Å². The van der Waals surface area contributed by atoms with Crippen molar-refractivity contribution < 1.29 is 4.74 Å². The second-order valence-corrected chi connectivity index (χ2v) is 5.64. The molecule has 2 rings (SSSR count). The van der Waals surface area contributed by atoms with Gasteiger partial charge in [-0.3, -0.25) is 0 Å². The van der Waals surface area contributed by atoms with Gasteiger partial charge in [-0.15, -0.1) is 0 Å². The van der Waals surface area contributed by atoms with Crippen LogP contribution in [0.2, 0.25) is 0 Å².